The predicted octanol–water partition coefficient (Wildman–Crippen LogP) is 2.50. The molecule has 0 bridgehead atoms. The van der Waals surface area contributed by atoms with Crippen LogP contribution in [0.2, 0.25) is 0 Å². The molecule has 0 radical (unpaired) electrons. The normalized spacial score (nSPS) is 16.9. The van der Waals surface area contributed by atoms with Gasteiger partial charge in [-0.3, -0.25) is 14.3 Å². The van der Waals surface area contributed by atoms with Crippen LogP contribution in [0.1, 0.15) is 34.5 Å². The lowest BCUT2D eigenvalue weighted by Crippen LogP contribution is -2.50. The third-order valence-electron chi connectivity index (χ3n) is 5.45. The molecule has 1 saturated heterocycles. The van der Waals surface area contributed by atoms with E-state index in [1.54, 1.807) is 16.0 Å². The van der Waals surface area contributed by atoms with Gasteiger partial charge in [0.2, 0.25) is 5.91 Å². The molecule has 2 amide bonds. The van der Waals surface area contributed by atoms with Crippen molar-refractivity contribution in [1.82, 2.24) is 19.6 Å². The number of fused-ring (bicyclic) bond motifs is 1. The largest absolute Gasteiger partial charge is 0.336 e. The smallest absolute Gasteiger partial charge is 0.257 e. The third-order valence-corrected chi connectivity index (χ3v) is 5.45. The van der Waals surface area contributed by atoms with Crippen LogP contribution in [0.4, 0.5) is 8.78 Å². The van der Waals surface area contributed by atoms with Crippen LogP contribution in [0.3, 0.4) is 0 Å². The number of aromatic nitrogens is 2. The van der Waals surface area contributed by atoms with Gasteiger partial charge in [0.05, 0.1) is 17.5 Å². The summed E-state index contributed by atoms with van der Waals surface area (Å²) in [5.74, 6) is -1.48. The second-order valence-electron chi connectivity index (χ2n) is 7.30. The van der Waals surface area contributed by atoms with Gasteiger partial charge in [-0.25, -0.2) is 8.78 Å². The molecule has 4 rings (SSSR count). The van der Waals surface area contributed by atoms with Crippen molar-refractivity contribution in [2.45, 2.75) is 25.8 Å². The third kappa shape index (κ3) is 4.06. The zero-order chi connectivity index (χ0) is 20.4. The summed E-state index contributed by atoms with van der Waals surface area (Å²) in [6.07, 6.45) is 7.17. The molecule has 0 atom stereocenters. The number of benzene rings is 1. The van der Waals surface area contributed by atoms with Gasteiger partial charge in [0, 0.05) is 44.4 Å². The summed E-state index contributed by atoms with van der Waals surface area (Å²) < 4.78 is 28.8. The highest BCUT2D eigenvalue weighted by Crippen LogP contribution is 2.20. The van der Waals surface area contributed by atoms with Crippen molar-refractivity contribution in [1.29, 1.82) is 0 Å². The van der Waals surface area contributed by atoms with E-state index >= 15 is 0 Å². The van der Waals surface area contributed by atoms with Crippen molar-refractivity contribution in [2.24, 2.45) is 0 Å². The van der Waals surface area contributed by atoms with E-state index in [-0.39, 0.29) is 17.4 Å². The second kappa shape index (κ2) is 8.14. The number of carbonyl (C=O) groups is 2. The van der Waals surface area contributed by atoms with Crippen LogP contribution in [-0.2, 0) is 17.8 Å². The van der Waals surface area contributed by atoms with E-state index in [9.17, 15) is 18.4 Å². The molecule has 1 aromatic carbocycles. The number of rotatable bonds is 3. The van der Waals surface area contributed by atoms with E-state index in [1.165, 1.54) is 12.2 Å². The summed E-state index contributed by atoms with van der Waals surface area (Å²) in [6.45, 7) is 2.49. The monoisotopic (exact) mass is 400 g/mol. The first-order valence-electron chi connectivity index (χ1n) is 9.79. The first kappa shape index (κ1) is 19.3. The fraction of sp³-hybridized carbons (Fsp3) is 0.381. The molecule has 152 valence electrons. The zero-order valence-corrected chi connectivity index (χ0v) is 16.0. The predicted molar refractivity (Wildman–Crippen MR) is 103 cm³/mol. The molecular formula is C21H22F2N4O2. The van der Waals surface area contributed by atoms with Gasteiger partial charge in [-0.15, -0.1) is 0 Å². The molecule has 1 fully saturated rings. The lowest BCUT2D eigenvalue weighted by molar-refractivity contribution is -0.127. The maximum atomic E-state index is 13.7. The van der Waals surface area contributed by atoms with E-state index < -0.39 is 11.6 Å². The fourth-order valence-corrected chi connectivity index (χ4v) is 3.81. The minimum absolute atomic E-state index is 0.0261. The molecule has 3 heterocycles. The number of nitrogens with zero attached hydrogens (tertiary/aromatic N) is 4. The second-order valence-corrected chi connectivity index (χ2v) is 7.30. The van der Waals surface area contributed by atoms with Gasteiger partial charge in [-0.1, -0.05) is 0 Å². The Labute approximate surface area is 167 Å². The standard InChI is InChI=1S/C21H22F2N4O2/c22-16-5-6-18(23)15(13-16)4-7-20(28)25-9-11-26(12-10-25)21(29)17-14-24-27-8-2-1-3-19(17)27/h4-7,13-14H,1-3,8-12H2/b7-4+. The van der Waals surface area contributed by atoms with Crippen molar-refractivity contribution in [3.8, 4) is 0 Å². The van der Waals surface area contributed by atoms with Crippen LogP contribution in [0.15, 0.2) is 30.5 Å². The average molecular weight is 400 g/mol. The highest BCUT2D eigenvalue weighted by Gasteiger charge is 2.27. The summed E-state index contributed by atoms with van der Waals surface area (Å²) in [6, 6.07) is 3.10. The van der Waals surface area contributed by atoms with Crippen molar-refractivity contribution in [3.63, 3.8) is 0 Å². The highest BCUT2D eigenvalue weighted by atomic mass is 19.1. The molecule has 6 nitrogen and oxygen atoms in total. The quantitative estimate of drug-likeness (QED) is 0.744. The molecule has 2 aliphatic rings. The van der Waals surface area contributed by atoms with Gasteiger partial charge < -0.3 is 9.80 Å². The number of hydrogen-bond donors (Lipinski definition) is 0. The Morgan fingerprint density at radius 2 is 1.76 bits per heavy atom. The van der Waals surface area contributed by atoms with Gasteiger partial charge >= 0.3 is 0 Å². The van der Waals surface area contributed by atoms with E-state index in [0.29, 0.717) is 31.7 Å². The number of halogens is 2. The first-order valence-corrected chi connectivity index (χ1v) is 9.79. The van der Waals surface area contributed by atoms with E-state index in [2.05, 4.69) is 5.10 Å². The lowest BCUT2D eigenvalue weighted by atomic mass is 10.1. The molecule has 2 aliphatic heterocycles. The molecule has 0 aliphatic carbocycles. The topological polar surface area (TPSA) is 58.4 Å². The van der Waals surface area contributed by atoms with Gasteiger partial charge in [-0.05, 0) is 43.5 Å². The van der Waals surface area contributed by atoms with Crippen LogP contribution in [-0.4, -0.2) is 57.6 Å². The average Bonchev–Trinajstić information content (AvgIpc) is 3.18. The Hall–Kier alpha value is -3.03. The lowest BCUT2D eigenvalue weighted by Gasteiger charge is -2.34. The van der Waals surface area contributed by atoms with E-state index in [4.69, 9.17) is 0 Å². The van der Waals surface area contributed by atoms with E-state index in [1.807, 2.05) is 4.68 Å². The zero-order valence-electron chi connectivity index (χ0n) is 16.0. The van der Waals surface area contributed by atoms with Crippen molar-refractivity contribution < 1.29 is 18.4 Å². The first-order chi connectivity index (χ1) is 14.0. The molecule has 0 N–H and O–H groups in total. The Bertz CT molecular complexity index is 962. The molecular weight excluding hydrogens is 378 g/mol. The molecule has 0 saturated carbocycles. The Morgan fingerprint density at radius 1 is 1.00 bits per heavy atom. The molecule has 0 unspecified atom stereocenters. The van der Waals surface area contributed by atoms with Crippen molar-refractivity contribution >= 4 is 17.9 Å². The highest BCUT2D eigenvalue weighted by molar-refractivity contribution is 5.96. The van der Waals surface area contributed by atoms with Crippen LogP contribution < -0.4 is 0 Å². The molecule has 2 aromatic rings. The van der Waals surface area contributed by atoms with E-state index in [0.717, 1.165) is 49.7 Å². The SMILES string of the molecule is O=C(/C=C/c1cc(F)ccc1F)N1CCN(C(=O)c2cnn3c2CCCC3)CC1. The Balaban J connectivity index is 1.36. The molecule has 1 aromatic heterocycles. The number of amides is 2. The van der Waals surface area contributed by atoms with Crippen molar-refractivity contribution in [3.05, 3.63) is 58.9 Å². The maximum Gasteiger partial charge on any atom is 0.257 e. The van der Waals surface area contributed by atoms with Crippen molar-refractivity contribution in [2.75, 3.05) is 26.2 Å². The summed E-state index contributed by atoms with van der Waals surface area (Å²) in [4.78, 5) is 28.6. The summed E-state index contributed by atoms with van der Waals surface area (Å²) in [7, 11) is 0. The molecule has 0 spiro atoms. The summed E-state index contributed by atoms with van der Waals surface area (Å²) >= 11 is 0. The fourth-order valence-electron chi connectivity index (χ4n) is 3.81. The van der Waals surface area contributed by atoms with Crippen LogP contribution in [0.5, 0.6) is 0 Å². The van der Waals surface area contributed by atoms with Gasteiger partial charge in [0.1, 0.15) is 11.6 Å². The van der Waals surface area contributed by atoms with Crippen LogP contribution in [0.25, 0.3) is 6.08 Å². The molecule has 8 heteroatoms. The minimum Gasteiger partial charge on any atom is -0.336 e. The van der Waals surface area contributed by atoms with Gasteiger partial charge in [0.15, 0.2) is 0 Å². The number of carbonyl (C=O) groups excluding carboxylic acids is 2. The number of hydrogen-bond acceptors (Lipinski definition) is 3. The van der Waals surface area contributed by atoms with Gasteiger partial charge in [-0.2, -0.15) is 5.10 Å². The number of piperazine rings is 1. The van der Waals surface area contributed by atoms with Gasteiger partial charge in [0.25, 0.3) is 5.91 Å². The number of aryl methyl sites for hydroxylation is 1. The summed E-state index contributed by atoms with van der Waals surface area (Å²) in [5, 5.41) is 4.32. The Kier molecular flexibility index (Phi) is 5.42. The minimum atomic E-state index is -0.588. The van der Waals surface area contributed by atoms with Crippen LogP contribution in [0, 0.1) is 11.6 Å². The Morgan fingerprint density at radius 3 is 2.55 bits per heavy atom. The maximum absolute atomic E-state index is 13.7. The summed E-state index contributed by atoms with van der Waals surface area (Å²) in [5.41, 5.74) is 1.68. The molecule has 29 heavy (non-hydrogen) atoms. The van der Waals surface area contributed by atoms with Crippen LogP contribution >= 0.6 is 0 Å².